The third kappa shape index (κ3) is 4.68. The molecule has 5 nitrogen and oxygen atoms in total. The van der Waals surface area contributed by atoms with Crippen LogP contribution in [0.4, 0.5) is 0 Å². The summed E-state index contributed by atoms with van der Waals surface area (Å²) in [5, 5.41) is 2.74. The number of rotatable bonds is 8. The van der Waals surface area contributed by atoms with E-state index in [2.05, 4.69) is 6.92 Å². The highest BCUT2D eigenvalue weighted by Gasteiger charge is 2.26. The van der Waals surface area contributed by atoms with Gasteiger partial charge in [0.2, 0.25) is 0 Å². The maximum Gasteiger partial charge on any atom is 0.261 e. The molecular formula is C28H31N3O2. The van der Waals surface area contributed by atoms with Crippen molar-refractivity contribution >= 4 is 27.6 Å². The molecule has 1 aromatic heterocycles. The number of amides is 1. The number of nitrogens with zero attached hydrogens (tertiary/aromatic N) is 3. The lowest BCUT2D eigenvalue weighted by molar-refractivity contribution is 0.0676. The highest BCUT2D eigenvalue weighted by Crippen LogP contribution is 2.24. The normalized spacial score (nSPS) is 12.2. The molecule has 33 heavy (non-hydrogen) atoms. The summed E-state index contributed by atoms with van der Waals surface area (Å²) >= 11 is 0. The van der Waals surface area contributed by atoms with Gasteiger partial charge in [0.15, 0.2) is 0 Å². The Bertz CT molecular complexity index is 1340. The number of carbonyl (C=O) groups excluding carboxylic acids is 1. The van der Waals surface area contributed by atoms with Crippen molar-refractivity contribution in [2.24, 2.45) is 7.05 Å². The zero-order valence-corrected chi connectivity index (χ0v) is 19.6. The second kappa shape index (κ2) is 9.99. The van der Waals surface area contributed by atoms with Crippen molar-refractivity contribution < 1.29 is 4.79 Å². The van der Waals surface area contributed by atoms with Crippen LogP contribution in [0.1, 0.15) is 61.8 Å². The highest BCUT2D eigenvalue weighted by atomic mass is 16.2. The molecule has 4 rings (SSSR count). The molecule has 0 aliphatic rings. The summed E-state index contributed by atoms with van der Waals surface area (Å²) in [6.07, 6.45) is 4.25. The van der Waals surface area contributed by atoms with Gasteiger partial charge in [0, 0.05) is 19.2 Å². The molecule has 0 saturated heterocycles. The molecule has 0 saturated carbocycles. The van der Waals surface area contributed by atoms with E-state index < -0.39 is 0 Å². The maximum absolute atomic E-state index is 13.7. The number of hydrogen-bond donors (Lipinski definition) is 0. The Morgan fingerprint density at radius 3 is 2.48 bits per heavy atom. The van der Waals surface area contributed by atoms with E-state index in [1.807, 2.05) is 72.5 Å². The molecular weight excluding hydrogens is 410 g/mol. The van der Waals surface area contributed by atoms with Crippen molar-refractivity contribution in [3.63, 3.8) is 0 Å². The Hall–Kier alpha value is -3.47. The van der Waals surface area contributed by atoms with Crippen molar-refractivity contribution in [3.05, 3.63) is 88.5 Å². The summed E-state index contributed by atoms with van der Waals surface area (Å²) in [7, 11) is 1.74. The predicted octanol–water partition coefficient (Wildman–Crippen LogP) is 5.87. The zero-order valence-electron chi connectivity index (χ0n) is 19.6. The van der Waals surface area contributed by atoms with Gasteiger partial charge < -0.3 is 4.90 Å². The van der Waals surface area contributed by atoms with E-state index in [-0.39, 0.29) is 17.5 Å². The van der Waals surface area contributed by atoms with Gasteiger partial charge in [-0.2, -0.15) is 0 Å². The fraction of sp³-hybridized carbons (Fsp3) is 0.321. The van der Waals surface area contributed by atoms with Crippen LogP contribution in [0, 0.1) is 0 Å². The number of benzene rings is 3. The first-order valence-corrected chi connectivity index (χ1v) is 11.8. The molecule has 0 aliphatic heterocycles. The summed E-state index contributed by atoms with van der Waals surface area (Å²) in [6.45, 7) is 4.76. The number of hydrogen-bond acceptors (Lipinski definition) is 3. The largest absolute Gasteiger partial charge is 0.329 e. The van der Waals surface area contributed by atoms with Gasteiger partial charge >= 0.3 is 0 Å². The molecule has 0 bridgehead atoms. The SMILES string of the molecule is CCCCCCN(C(=O)c1ccc2ccccc2c1)C(C)c1nc2ccccc2c(=O)n1C. The minimum Gasteiger partial charge on any atom is -0.329 e. The Kier molecular flexibility index (Phi) is 6.87. The Morgan fingerprint density at radius 1 is 0.970 bits per heavy atom. The fourth-order valence-corrected chi connectivity index (χ4v) is 4.42. The van der Waals surface area contributed by atoms with E-state index in [1.54, 1.807) is 17.7 Å². The zero-order chi connectivity index (χ0) is 23.4. The Labute approximate surface area is 194 Å². The van der Waals surface area contributed by atoms with Gasteiger partial charge in [-0.25, -0.2) is 4.98 Å². The molecule has 1 amide bonds. The fourth-order valence-electron chi connectivity index (χ4n) is 4.42. The molecule has 0 N–H and O–H groups in total. The number of para-hydroxylation sites is 1. The van der Waals surface area contributed by atoms with Crippen LogP contribution in [0.25, 0.3) is 21.7 Å². The molecule has 0 radical (unpaired) electrons. The third-order valence-electron chi connectivity index (χ3n) is 6.37. The van der Waals surface area contributed by atoms with Crippen LogP contribution in [0.5, 0.6) is 0 Å². The lowest BCUT2D eigenvalue weighted by Crippen LogP contribution is -2.38. The van der Waals surface area contributed by atoms with Crippen LogP contribution in [0.3, 0.4) is 0 Å². The quantitative estimate of drug-likeness (QED) is 0.321. The van der Waals surface area contributed by atoms with E-state index in [1.165, 1.54) is 0 Å². The lowest BCUT2D eigenvalue weighted by Gasteiger charge is -2.30. The van der Waals surface area contributed by atoms with Gasteiger partial charge in [0.1, 0.15) is 5.82 Å². The van der Waals surface area contributed by atoms with Crippen molar-refractivity contribution in [2.45, 2.75) is 45.6 Å². The van der Waals surface area contributed by atoms with E-state index >= 15 is 0 Å². The molecule has 5 heteroatoms. The monoisotopic (exact) mass is 441 g/mol. The van der Waals surface area contributed by atoms with Gasteiger partial charge in [0.25, 0.3) is 11.5 Å². The van der Waals surface area contributed by atoms with Gasteiger partial charge in [-0.05, 0) is 48.4 Å². The number of aromatic nitrogens is 2. The number of fused-ring (bicyclic) bond motifs is 2. The van der Waals surface area contributed by atoms with Gasteiger partial charge in [-0.1, -0.05) is 68.7 Å². The molecule has 3 aromatic carbocycles. The predicted molar refractivity (Wildman–Crippen MR) is 135 cm³/mol. The van der Waals surface area contributed by atoms with Gasteiger partial charge in [0.05, 0.1) is 16.9 Å². The molecule has 0 aliphatic carbocycles. The Morgan fingerprint density at radius 2 is 1.70 bits per heavy atom. The van der Waals surface area contributed by atoms with Gasteiger partial charge in [-0.15, -0.1) is 0 Å². The maximum atomic E-state index is 13.7. The first-order chi connectivity index (χ1) is 16.0. The first-order valence-electron chi connectivity index (χ1n) is 11.8. The summed E-state index contributed by atoms with van der Waals surface area (Å²) in [6, 6.07) is 20.9. The summed E-state index contributed by atoms with van der Waals surface area (Å²) in [5.74, 6) is 0.565. The second-order valence-corrected chi connectivity index (χ2v) is 8.65. The molecule has 4 aromatic rings. The smallest absolute Gasteiger partial charge is 0.261 e. The average Bonchev–Trinajstić information content (AvgIpc) is 2.85. The first kappa shape index (κ1) is 22.7. The van der Waals surface area contributed by atoms with Crippen LogP contribution in [-0.4, -0.2) is 26.9 Å². The topological polar surface area (TPSA) is 55.2 Å². The van der Waals surface area contributed by atoms with E-state index in [9.17, 15) is 9.59 Å². The number of carbonyl (C=O) groups is 1. The van der Waals surface area contributed by atoms with E-state index in [0.29, 0.717) is 28.8 Å². The molecule has 1 heterocycles. The second-order valence-electron chi connectivity index (χ2n) is 8.65. The molecule has 1 atom stereocenters. The molecule has 170 valence electrons. The third-order valence-corrected chi connectivity index (χ3v) is 6.37. The minimum absolute atomic E-state index is 0.0350. The summed E-state index contributed by atoms with van der Waals surface area (Å²) in [4.78, 5) is 33.4. The highest BCUT2D eigenvalue weighted by molar-refractivity contribution is 5.98. The van der Waals surface area contributed by atoms with Crippen LogP contribution in [-0.2, 0) is 7.05 Å². The van der Waals surface area contributed by atoms with Crippen molar-refractivity contribution in [1.29, 1.82) is 0 Å². The molecule has 0 fully saturated rings. The van der Waals surface area contributed by atoms with E-state index in [4.69, 9.17) is 4.98 Å². The van der Waals surface area contributed by atoms with Crippen molar-refractivity contribution in [1.82, 2.24) is 14.5 Å². The van der Waals surface area contributed by atoms with Crippen LogP contribution in [0.15, 0.2) is 71.5 Å². The van der Waals surface area contributed by atoms with Crippen LogP contribution in [0.2, 0.25) is 0 Å². The summed E-state index contributed by atoms with van der Waals surface area (Å²) in [5.41, 5.74) is 1.22. The molecule has 0 spiro atoms. The van der Waals surface area contributed by atoms with E-state index in [0.717, 1.165) is 36.5 Å². The van der Waals surface area contributed by atoms with Crippen molar-refractivity contribution in [2.75, 3.05) is 6.54 Å². The van der Waals surface area contributed by atoms with Crippen LogP contribution >= 0.6 is 0 Å². The van der Waals surface area contributed by atoms with Crippen LogP contribution < -0.4 is 5.56 Å². The molecule has 1 unspecified atom stereocenters. The van der Waals surface area contributed by atoms with Gasteiger partial charge in [-0.3, -0.25) is 14.2 Å². The lowest BCUT2D eigenvalue weighted by atomic mass is 10.0. The summed E-state index contributed by atoms with van der Waals surface area (Å²) < 4.78 is 1.58. The minimum atomic E-state index is -0.340. The standard InChI is InChI=1S/C28H31N3O2/c1-4-5-6-11-18-31(27(32)23-17-16-21-12-7-8-13-22(21)19-23)20(2)26-29-25-15-10-9-14-24(25)28(33)30(26)3/h7-10,12-17,19-20H,4-6,11,18H2,1-3H3. The Balaban J connectivity index is 1.73. The average molecular weight is 442 g/mol. The number of unbranched alkanes of at least 4 members (excludes halogenated alkanes) is 3. The van der Waals surface area contributed by atoms with Crippen molar-refractivity contribution in [3.8, 4) is 0 Å².